The van der Waals surface area contributed by atoms with E-state index in [2.05, 4.69) is 43.0 Å². The number of nitrogens with zero attached hydrogens (tertiary/aromatic N) is 1. The molecule has 2 nitrogen and oxygen atoms in total. The molecular formula is C22H33NO. The van der Waals surface area contributed by atoms with Crippen molar-refractivity contribution in [2.45, 2.75) is 76.4 Å². The minimum Gasteiger partial charge on any atom is -0.375 e. The fourth-order valence-electron chi connectivity index (χ4n) is 5.23. The van der Waals surface area contributed by atoms with Gasteiger partial charge in [0, 0.05) is 19.1 Å². The number of aryl methyl sites for hydroxylation is 1. The Kier molecular flexibility index (Phi) is 4.70. The number of rotatable bonds is 5. The van der Waals surface area contributed by atoms with Crippen molar-refractivity contribution in [3.63, 3.8) is 0 Å². The van der Waals surface area contributed by atoms with E-state index in [-0.39, 0.29) is 5.60 Å². The maximum atomic E-state index is 5.86. The van der Waals surface area contributed by atoms with Crippen LogP contribution >= 0.6 is 0 Å². The predicted octanol–water partition coefficient (Wildman–Crippen LogP) is 4.78. The molecular weight excluding hydrogens is 294 g/mol. The zero-order chi connectivity index (χ0) is 16.6. The fourth-order valence-corrected chi connectivity index (χ4v) is 5.23. The second kappa shape index (κ2) is 6.80. The van der Waals surface area contributed by atoms with Crippen LogP contribution in [-0.2, 0) is 11.2 Å². The van der Waals surface area contributed by atoms with E-state index in [0.717, 1.165) is 24.5 Å². The van der Waals surface area contributed by atoms with Crippen molar-refractivity contribution in [1.82, 2.24) is 4.90 Å². The summed E-state index contributed by atoms with van der Waals surface area (Å²) < 4.78 is 5.86. The van der Waals surface area contributed by atoms with E-state index < -0.39 is 0 Å². The quantitative estimate of drug-likeness (QED) is 0.772. The van der Waals surface area contributed by atoms with E-state index in [1.807, 2.05) is 0 Å². The SMILES string of the molecule is CC(CCC(C)N1CCC2(CCO2)CC1)C1CCc2ccccc21. The number of ether oxygens (including phenoxy) is 1. The molecule has 24 heavy (non-hydrogen) atoms. The first-order valence-corrected chi connectivity index (χ1v) is 10.1. The van der Waals surface area contributed by atoms with Crippen LogP contribution in [0.15, 0.2) is 24.3 Å². The summed E-state index contributed by atoms with van der Waals surface area (Å²) in [4.78, 5) is 2.71. The van der Waals surface area contributed by atoms with Crippen LogP contribution in [0.25, 0.3) is 0 Å². The van der Waals surface area contributed by atoms with Crippen LogP contribution < -0.4 is 0 Å². The minimum atomic E-state index is 0.289. The Morgan fingerprint density at radius 1 is 1.12 bits per heavy atom. The largest absolute Gasteiger partial charge is 0.375 e. The van der Waals surface area contributed by atoms with Crippen molar-refractivity contribution in [2.24, 2.45) is 5.92 Å². The molecule has 0 aromatic heterocycles. The van der Waals surface area contributed by atoms with Crippen LogP contribution in [0.3, 0.4) is 0 Å². The van der Waals surface area contributed by atoms with Gasteiger partial charge >= 0.3 is 0 Å². The zero-order valence-electron chi connectivity index (χ0n) is 15.5. The highest BCUT2D eigenvalue weighted by atomic mass is 16.5. The fraction of sp³-hybridized carbons (Fsp3) is 0.727. The van der Waals surface area contributed by atoms with Gasteiger partial charge in [0.25, 0.3) is 0 Å². The van der Waals surface area contributed by atoms with Crippen LogP contribution in [0.5, 0.6) is 0 Å². The summed E-state index contributed by atoms with van der Waals surface area (Å²) in [5.41, 5.74) is 3.53. The highest BCUT2D eigenvalue weighted by Crippen LogP contribution is 2.41. The van der Waals surface area contributed by atoms with Crippen molar-refractivity contribution in [1.29, 1.82) is 0 Å². The molecule has 0 radical (unpaired) electrons. The molecule has 4 rings (SSSR count). The molecule has 1 aliphatic carbocycles. The highest BCUT2D eigenvalue weighted by molar-refractivity contribution is 5.35. The Bertz CT molecular complexity index is 555. The maximum absolute atomic E-state index is 5.86. The lowest BCUT2D eigenvalue weighted by molar-refractivity contribution is -0.175. The molecule has 0 bridgehead atoms. The highest BCUT2D eigenvalue weighted by Gasteiger charge is 2.41. The van der Waals surface area contributed by atoms with Gasteiger partial charge in [-0.15, -0.1) is 0 Å². The van der Waals surface area contributed by atoms with E-state index in [9.17, 15) is 0 Å². The third-order valence-electron chi connectivity index (χ3n) is 7.20. The molecule has 1 aromatic carbocycles. The third kappa shape index (κ3) is 3.15. The van der Waals surface area contributed by atoms with Crippen molar-refractivity contribution in [3.8, 4) is 0 Å². The summed E-state index contributed by atoms with van der Waals surface area (Å²) in [6, 6.07) is 9.84. The van der Waals surface area contributed by atoms with Gasteiger partial charge in [0.2, 0.25) is 0 Å². The monoisotopic (exact) mass is 327 g/mol. The van der Waals surface area contributed by atoms with Crippen molar-refractivity contribution >= 4 is 0 Å². The van der Waals surface area contributed by atoms with Gasteiger partial charge in [-0.3, -0.25) is 0 Å². The Labute approximate surface area is 147 Å². The average Bonchev–Trinajstić information content (AvgIpc) is 3.02. The average molecular weight is 328 g/mol. The Balaban J connectivity index is 1.26. The molecule has 2 heteroatoms. The zero-order valence-corrected chi connectivity index (χ0v) is 15.5. The van der Waals surface area contributed by atoms with Gasteiger partial charge < -0.3 is 9.64 Å². The second-order valence-electron chi connectivity index (χ2n) is 8.57. The van der Waals surface area contributed by atoms with Crippen LogP contribution in [0.1, 0.15) is 69.4 Å². The predicted molar refractivity (Wildman–Crippen MR) is 99.5 cm³/mol. The van der Waals surface area contributed by atoms with E-state index in [1.165, 1.54) is 58.0 Å². The molecule has 1 aromatic rings. The molecule has 3 unspecified atom stereocenters. The van der Waals surface area contributed by atoms with Crippen LogP contribution in [0.2, 0.25) is 0 Å². The standard InChI is InChI=1S/C22H33NO/c1-17(20-10-9-19-5-3-4-6-21(19)20)7-8-18(2)23-14-11-22(12-15-23)13-16-24-22/h3-6,17-18,20H,7-16H2,1-2H3. The number of hydrogen-bond donors (Lipinski definition) is 0. The minimum absolute atomic E-state index is 0.289. The van der Waals surface area contributed by atoms with Gasteiger partial charge in [-0.2, -0.15) is 0 Å². The number of fused-ring (bicyclic) bond motifs is 1. The van der Waals surface area contributed by atoms with Crippen LogP contribution in [0.4, 0.5) is 0 Å². The lowest BCUT2D eigenvalue weighted by atomic mass is 9.82. The number of likely N-dealkylation sites (tertiary alicyclic amines) is 1. The van der Waals surface area contributed by atoms with Crippen molar-refractivity contribution in [3.05, 3.63) is 35.4 Å². The molecule has 2 saturated heterocycles. The van der Waals surface area contributed by atoms with Crippen molar-refractivity contribution in [2.75, 3.05) is 19.7 Å². The smallest absolute Gasteiger partial charge is 0.0728 e. The molecule has 0 N–H and O–H groups in total. The first kappa shape index (κ1) is 16.6. The summed E-state index contributed by atoms with van der Waals surface area (Å²) in [7, 11) is 0. The second-order valence-corrected chi connectivity index (χ2v) is 8.57. The number of piperidine rings is 1. The van der Waals surface area contributed by atoms with E-state index in [4.69, 9.17) is 4.74 Å². The Hall–Kier alpha value is -0.860. The first-order valence-electron chi connectivity index (χ1n) is 10.1. The van der Waals surface area contributed by atoms with Gasteiger partial charge in [-0.05, 0) is 74.8 Å². The molecule has 2 fully saturated rings. The van der Waals surface area contributed by atoms with Crippen LogP contribution in [0, 0.1) is 5.92 Å². The van der Waals surface area contributed by atoms with Gasteiger partial charge in [-0.25, -0.2) is 0 Å². The summed E-state index contributed by atoms with van der Waals surface area (Å²) >= 11 is 0. The van der Waals surface area contributed by atoms with E-state index >= 15 is 0 Å². The summed E-state index contributed by atoms with van der Waals surface area (Å²) in [6.45, 7) is 8.39. The van der Waals surface area contributed by atoms with Crippen molar-refractivity contribution < 1.29 is 4.74 Å². The van der Waals surface area contributed by atoms with Gasteiger partial charge in [-0.1, -0.05) is 31.2 Å². The molecule has 1 spiro atoms. The van der Waals surface area contributed by atoms with Gasteiger partial charge in [0.15, 0.2) is 0 Å². The molecule has 2 aliphatic heterocycles. The van der Waals surface area contributed by atoms with Gasteiger partial charge in [0.05, 0.1) is 12.2 Å². The third-order valence-corrected chi connectivity index (χ3v) is 7.20. The maximum Gasteiger partial charge on any atom is 0.0728 e. The number of benzene rings is 1. The summed E-state index contributed by atoms with van der Waals surface area (Å²) in [5, 5.41) is 0. The first-order chi connectivity index (χ1) is 11.7. The van der Waals surface area contributed by atoms with E-state index in [0.29, 0.717) is 0 Å². The van der Waals surface area contributed by atoms with Gasteiger partial charge in [0.1, 0.15) is 0 Å². The molecule has 2 heterocycles. The molecule has 132 valence electrons. The normalized spacial score (nSPS) is 28.3. The van der Waals surface area contributed by atoms with E-state index in [1.54, 1.807) is 11.1 Å². The summed E-state index contributed by atoms with van der Waals surface area (Å²) in [6.07, 6.45) is 9.15. The topological polar surface area (TPSA) is 12.5 Å². The lowest BCUT2D eigenvalue weighted by Crippen LogP contribution is -2.53. The van der Waals surface area contributed by atoms with Crippen LogP contribution in [-0.4, -0.2) is 36.2 Å². The molecule has 0 saturated carbocycles. The molecule has 3 aliphatic rings. The lowest BCUT2D eigenvalue weighted by Gasteiger charge is -2.49. The molecule has 3 atom stereocenters. The molecule has 0 amide bonds. The Morgan fingerprint density at radius 3 is 2.58 bits per heavy atom. The Morgan fingerprint density at radius 2 is 1.88 bits per heavy atom. The summed E-state index contributed by atoms with van der Waals surface area (Å²) in [5.74, 6) is 1.60. The number of hydrogen-bond acceptors (Lipinski definition) is 2.